The van der Waals surface area contributed by atoms with Crippen molar-refractivity contribution in [2.45, 2.75) is 19.1 Å². The van der Waals surface area contributed by atoms with Crippen LogP contribution in [0.1, 0.15) is 18.6 Å². The normalized spacial score (nSPS) is 14.1. The van der Waals surface area contributed by atoms with Crippen molar-refractivity contribution in [1.29, 1.82) is 0 Å². The summed E-state index contributed by atoms with van der Waals surface area (Å²) in [6.07, 6.45) is -3.14. The molecule has 0 saturated carbocycles. The maximum Gasteiger partial charge on any atom is 0.338 e. The Bertz CT molecular complexity index is 408. The standard InChI is InChI=1S/C11H16N2O4/c1-2-17-11(16)10(15)9(14)6-4-3-5-7(12)8(6)13/h3-5,9-10,14-15H,2,12-13H2,1H3. The summed E-state index contributed by atoms with van der Waals surface area (Å²) in [6, 6.07) is 4.61. The molecule has 0 aliphatic heterocycles. The molecule has 0 amide bonds. The van der Waals surface area contributed by atoms with E-state index in [9.17, 15) is 15.0 Å². The van der Waals surface area contributed by atoms with Gasteiger partial charge in [-0.25, -0.2) is 4.79 Å². The van der Waals surface area contributed by atoms with E-state index in [2.05, 4.69) is 4.74 Å². The zero-order valence-corrected chi connectivity index (χ0v) is 9.46. The van der Waals surface area contributed by atoms with Crippen molar-refractivity contribution < 1.29 is 19.7 Å². The van der Waals surface area contributed by atoms with Crippen LogP contribution in [-0.2, 0) is 9.53 Å². The fourth-order valence-corrected chi connectivity index (χ4v) is 1.39. The van der Waals surface area contributed by atoms with Crippen molar-refractivity contribution in [2.24, 2.45) is 0 Å². The number of carbonyl (C=O) groups excluding carboxylic acids is 1. The molecule has 0 saturated heterocycles. The third-order valence-corrected chi connectivity index (χ3v) is 2.32. The van der Waals surface area contributed by atoms with Gasteiger partial charge in [0.15, 0.2) is 6.10 Å². The van der Waals surface area contributed by atoms with E-state index >= 15 is 0 Å². The molecule has 0 spiro atoms. The number of aliphatic hydroxyl groups excluding tert-OH is 2. The van der Waals surface area contributed by atoms with Gasteiger partial charge in [-0.1, -0.05) is 12.1 Å². The summed E-state index contributed by atoms with van der Waals surface area (Å²) in [5, 5.41) is 19.4. The number of benzene rings is 1. The number of hydrogen-bond acceptors (Lipinski definition) is 6. The largest absolute Gasteiger partial charge is 0.464 e. The monoisotopic (exact) mass is 240 g/mol. The average Bonchev–Trinajstić information content (AvgIpc) is 2.31. The molecule has 6 nitrogen and oxygen atoms in total. The number of nitrogen functional groups attached to an aromatic ring is 2. The summed E-state index contributed by atoms with van der Waals surface area (Å²) >= 11 is 0. The molecule has 17 heavy (non-hydrogen) atoms. The predicted molar refractivity (Wildman–Crippen MR) is 62.9 cm³/mol. The Morgan fingerprint density at radius 1 is 1.41 bits per heavy atom. The first-order valence-corrected chi connectivity index (χ1v) is 5.15. The van der Waals surface area contributed by atoms with Gasteiger partial charge in [0.1, 0.15) is 6.10 Å². The Kier molecular flexibility index (Phi) is 4.30. The van der Waals surface area contributed by atoms with Crippen LogP contribution in [0.4, 0.5) is 11.4 Å². The molecule has 2 unspecified atom stereocenters. The van der Waals surface area contributed by atoms with Crippen molar-refractivity contribution in [3.8, 4) is 0 Å². The second kappa shape index (κ2) is 5.51. The van der Waals surface area contributed by atoms with Gasteiger partial charge in [0.25, 0.3) is 0 Å². The van der Waals surface area contributed by atoms with Crippen molar-refractivity contribution in [3.63, 3.8) is 0 Å². The number of ether oxygens (including phenoxy) is 1. The molecule has 0 aliphatic carbocycles. The zero-order chi connectivity index (χ0) is 13.0. The van der Waals surface area contributed by atoms with Crippen LogP contribution in [0.3, 0.4) is 0 Å². The number of rotatable bonds is 4. The third kappa shape index (κ3) is 2.86. The first-order chi connectivity index (χ1) is 7.99. The minimum absolute atomic E-state index is 0.120. The molecule has 0 aliphatic rings. The molecule has 0 fully saturated rings. The Morgan fingerprint density at radius 3 is 2.65 bits per heavy atom. The van der Waals surface area contributed by atoms with Crippen LogP contribution < -0.4 is 11.5 Å². The lowest BCUT2D eigenvalue weighted by Gasteiger charge is -2.18. The molecule has 0 aromatic heterocycles. The highest BCUT2D eigenvalue weighted by atomic mass is 16.5. The van der Waals surface area contributed by atoms with Gasteiger partial charge in [-0.05, 0) is 13.0 Å². The van der Waals surface area contributed by atoms with Crippen molar-refractivity contribution in [1.82, 2.24) is 0 Å². The number of anilines is 2. The number of esters is 1. The molecule has 6 heteroatoms. The molecule has 1 aromatic carbocycles. The molecule has 1 aromatic rings. The lowest BCUT2D eigenvalue weighted by molar-refractivity contribution is -0.159. The van der Waals surface area contributed by atoms with Crippen molar-refractivity contribution in [3.05, 3.63) is 23.8 Å². The maximum atomic E-state index is 11.2. The second-order valence-electron chi connectivity index (χ2n) is 3.49. The average molecular weight is 240 g/mol. The van der Waals surface area contributed by atoms with Crippen LogP contribution >= 0.6 is 0 Å². The van der Waals surface area contributed by atoms with E-state index in [0.29, 0.717) is 0 Å². The zero-order valence-electron chi connectivity index (χ0n) is 9.46. The van der Waals surface area contributed by atoms with Crippen molar-refractivity contribution in [2.75, 3.05) is 18.1 Å². The lowest BCUT2D eigenvalue weighted by Crippen LogP contribution is -2.30. The first kappa shape index (κ1) is 13.3. The number of aliphatic hydroxyl groups is 2. The van der Waals surface area contributed by atoms with E-state index in [4.69, 9.17) is 11.5 Å². The first-order valence-electron chi connectivity index (χ1n) is 5.15. The van der Waals surface area contributed by atoms with Gasteiger partial charge in [-0.15, -0.1) is 0 Å². The molecule has 2 atom stereocenters. The van der Waals surface area contributed by atoms with Gasteiger partial charge in [0, 0.05) is 5.56 Å². The van der Waals surface area contributed by atoms with E-state index in [1.165, 1.54) is 6.07 Å². The Morgan fingerprint density at radius 2 is 2.06 bits per heavy atom. The fourth-order valence-electron chi connectivity index (χ4n) is 1.39. The summed E-state index contributed by atoms with van der Waals surface area (Å²) in [4.78, 5) is 11.2. The van der Waals surface area contributed by atoms with E-state index in [0.717, 1.165) is 0 Å². The Balaban J connectivity index is 2.92. The smallest absolute Gasteiger partial charge is 0.338 e. The molecule has 94 valence electrons. The van der Waals surface area contributed by atoms with E-state index in [1.807, 2.05) is 0 Å². The van der Waals surface area contributed by atoms with E-state index in [-0.39, 0.29) is 23.5 Å². The summed E-state index contributed by atoms with van der Waals surface area (Å²) < 4.78 is 4.60. The second-order valence-corrected chi connectivity index (χ2v) is 3.49. The number of para-hydroxylation sites is 1. The quantitative estimate of drug-likeness (QED) is 0.428. The van der Waals surface area contributed by atoms with Crippen LogP contribution in [0.25, 0.3) is 0 Å². The minimum atomic E-state index is -1.68. The highest BCUT2D eigenvalue weighted by molar-refractivity contribution is 5.77. The number of hydrogen-bond donors (Lipinski definition) is 4. The molecule has 0 bridgehead atoms. The molecule has 6 N–H and O–H groups in total. The molecular formula is C11H16N2O4. The molecule has 1 rings (SSSR count). The van der Waals surface area contributed by atoms with E-state index < -0.39 is 18.2 Å². The number of nitrogens with two attached hydrogens (primary N) is 2. The van der Waals surface area contributed by atoms with Crippen LogP contribution in [0.2, 0.25) is 0 Å². The van der Waals surface area contributed by atoms with Gasteiger partial charge >= 0.3 is 5.97 Å². The lowest BCUT2D eigenvalue weighted by atomic mass is 10.0. The molecular weight excluding hydrogens is 224 g/mol. The Hall–Kier alpha value is -1.79. The summed E-state index contributed by atoms with van der Waals surface area (Å²) in [5.41, 5.74) is 11.8. The molecule has 0 radical (unpaired) electrons. The van der Waals surface area contributed by atoms with Gasteiger partial charge < -0.3 is 26.4 Å². The maximum absolute atomic E-state index is 11.2. The topological polar surface area (TPSA) is 119 Å². The molecule has 0 heterocycles. The fraction of sp³-hybridized carbons (Fsp3) is 0.364. The van der Waals surface area contributed by atoms with Crippen LogP contribution in [0.5, 0.6) is 0 Å². The summed E-state index contributed by atoms with van der Waals surface area (Å²) in [6.45, 7) is 1.72. The summed E-state index contributed by atoms with van der Waals surface area (Å²) in [7, 11) is 0. The van der Waals surface area contributed by atoms with Crippen molar-refractivity contribution >= 4 is 17.3 Å². The predicted octanol–water partition coefficient (Wildman–Crippen LogP) is -0.192. The Labute approximate surface area is 98.8 Å². The minimum Gasteiger partial charge on any atom is -0.464 e. The highest BCUT2D eigenvalue weighted by Crippen LogP contribution is 2.27. The SMILES string of the molecule is CCOC(=O)C(O)C(O)c1cccc(N)c1N. The number of carbonyl (C=O) groups is 1. The van der Waals surface area contributed by atoms with Crippen LogP contribution in [-0.4, -0.2) is 28.9 Å². The van der Waals surface area contributed by atoms with E-state index in [1.54, 1.807) is 19.1 Å². The third-order valence-electron chi connectivity index (χ3n) is 2.32. The van der Waals surface area contributed by atoms with Gasteiger partial charge in [0.2, 0.25) is 0 Å². The van der Waals surface area contributed by atoms with Gasteiger partial charge in [-0.3, -0.25) is 0 Å². The van der Waals surface area contributed by atoms with Gasteiger partial charge in [-0.2, -0.15) is 0 Å². The van der Waals surface area contributed by atoms with Crippen LogP contribution in [0.15, 0.2) is 18.2 Å². The highest BCUT2D eigenvalue weighted by Gasteiger charge is 2.28. The van der Waals surface area contributed by atoms with Gasteiger partial charge in [0.05, 0.1) is 18.0 Å². The summed E-state index contributed by atoms with van der Waals surface area (Å²) in [5.74, 6) is -0.901. The van der Waals surface area contributed by atoms with Crippen LogP contribution in [0, 0.1) is 0 Å².